The molecule has 1 aliphatic heterocycles. The average molecular weight is 284 g/mol. The molecule has 0 spiro atoms. The highest BCUT2D eigenvalue weighted by atomic mass is 35.5. The Morgan fingerprint density at radius 3 is 2.94 bits per heavy atom. The van der Waals surface area contributed by atoms with Crippen LogP contribution in [0.2, 0.25) is 5.02 Å². The lowest BCUT2D eigenvalue weighted by atomic mass is 9.97. The third-order valence-corrected chi connectivity index (χ3v) is 5.33. The Kier molecular flexibility index (Phi) is 4.99. The van der Waals surface area contributed by atoms with Crippen molar-refractivity contribution in [2.45, 2.75) is 50.6 Å². The van der Waals surface area contributed by atoms with E-state index in [1.165, 1.54) is 29.1 Å². The largest absolute Gasteiger partial charge is 0.307 e. The summed E-state index contributed by atoms with van der Waals surface area (Å²) >= 11 is 8.08. The van der Waals surface area contributed by atoms with Gasteiger partial charge in [-0.05, 0) is 48.8 Å². The Bertz CT molecular complexity index is 407. The fourth-order valence-corrected chi connectivity index (χ4v) is 3.66. The predicted octanol–water partition coefficient (Wildman–Crippen LogP) is 4.90. The molecule has 0 saturated carbocycles. The number of hydrogen-bond acceptors (Lipinski definition) is 2. The zero-order valence-electron chi connectivity index (χ0n) is 11.4. The number of benzene rings is 1. The molecular weight excluding hydrogens is 262 g/mol. The lowest BCUT2D eigenvalue weighted by Crippen LogP contribution is -2.36. The molecule has 3 heteroatoms. The second-order valence-corrected chi connectivity index (χ2v) is 6.79. The highest BCUT2D eigenvalue weighted by Gasteiger charge is 2.23. The molecule has 18 heavy (non-hydrogen) atoms. The van der Waals surface area contributed by atoms with Crippen LogP contribution in [0.1, 0.15) is 45.2 Å². The molecule has 0 saturated heterocycles. The summed E-state index contributed by atoms with van der Waals surface area (Å²) in [6, 6.07) is 7.29. The van der Waals surface area contributed by atoms with Crippen molar-refractivity contribution in [3.63, 3.8) is 0 Å². The first-order valence-electron chi connectivity index (χ1n) is 6.80. The molecule has 1 nitrogen and oxygen atoms in total. The average Bonchev–Trinajstić information content (AvgIpc) is 2.38. The van der Waals surface area contributed by atoms with Crippen LogP contribution >= 0.6 is 23.4 Å². The zero-order valence-corrected chi connectivity index (χ0v) is 12.9. The summed E-state index contributed by atoms with van der Waals surface area (Å²) in [7, 11) is 0. The monoisotopic (exact) mass is 283 g/mol. The van der Waals surface area contributed by atoms with Gasteiger partial charge in [-0.3, -0.25) is 0 Å². The van der Waals surface area contributed by atoms with Crippen molar-refractivity contribution in [1.82, 2.24) is 5.32 Å². The summed E-state index contributed by atoms with van der Waals surface area (Å²) in [6.07, 6.45) is 2.41. The fourth-order valence-electron chi connectivity index (χ4n) is 2.37. The smallest absolute Gasteiger partial charge is 0.0410 e. The van der Waals surface area contributed by atoms with Crippen LogP contribution < -0.4 is 5.32 Å². The van der Waals surface area contributed by atoms with Gasteiger partial charge in [0.05, 0.1) is 0 Å². The van der Waals surface area contributed by atoms with Gasteiger partial charge in [0.25, 0.3) is 0 Å². The van der Waals surface area contributed by atoms with Gasteiger partial charge in [-0.1, -0.05) is 31.9 Å². The maximum Gasteiger partial charge on any atom is 0.0410 e. The summed E-state index contributed by atoms with van der Waals surface area (Å²) in [5.74, 6) is 1.90. The van der Waals surface area contributed by atoms with E-state index in [4.69, 9.17) is 11.6 Å². The first-order valence-corrected chi connectivity index (χ1v) is 8.16. The lowest BCUT2D eigenvalue weighted by molar-refractivity contribution is 0.343. The van der Waals surface area contributed by atoms with Gasteiger partial charge in [-0.2, -0.15) is 0 Å². The van der Waals surface area contributed by atoms with Crippen molar-refractivity contribution in [2.75, 3.05) is 5.75 Å². The van der Waals surface area contributed by atoms with Crippen LogP contribution in [0.3, 0.4) is 0 Å². The molecule has 1 aromatic rings. The molecule has 3 atom stereocenters. The van der Waals surface area contributed by atoms with Crippen molar-refractivity contribution in [1.29, 1.82) is 0 Å². The Labute approximate surface area is 120 Å². The minimum absolute atomic E-state index is 0.462. The van der Waals surface area contributed by atoms with Crippen LogP contribution in [-0.2, 0) is 0 Å². The van der Waals surface area contributed by atoms with Crippen LogP contribution in [0.15, 0.2) is 23.1 Å². The van der Waals surface area contributed by atoms with Crippen LogP contribution in [0.25, 0.3) is 0 Å². The van der Waals surface area contributed by atoms with Gasteiger partial charge < -0.3 is 5.32 Å². The topological polar surface area (TPSA) is 12.0 Å². The Balaban J connectivity index is 2.14. The van der Waals surface area contributed by atoms with Gasteiger partial charge in [0.2, 0.25) is 0 Å². The van der Waals surface area contributed by atoms with E-state index < -0.39 is 0 Å². The third kappa shape index (κ3) is 3.23. The van der Waals surface area contributed by atoms with E-state index in [2.05, 4.69) is 38.2 Å². The van der Waals surface area contributed by atoms with Gasteiger partial charge in [0, 0.05) is 22.0 Å². The molecule has 3 unspecified atom stereocenters. The summed E-state index contributed by atoms with van der Waals surface area (Å²) in [5, 5.41) is 4.63. The molecule has 1 N–H and O–H groups in total. The number of fused-ring (bicyclic) bond motifs is 1. The molecule has 0 aromatic heterocycles. The normalized spacial score (nSPS) is 22.3. The zero-order chi connectivity index (χ0) is 13.1. The van der Waals surface area contributed by atoms with Gasteiger partial charge in [0.1, 0.15) is 0 Å². The summed E-state index contributed by atoms with van der Waals surface area (Å²) < 4.78 is 0. The summed E-state index contributed by atoms with van der Waals surface area (Å²) in [5.41, 5.74) is 1.38. The predicted molar refractivity (Wildman–Crippen MR) is 81.6 cm³/mol. The fraction of sp³-hybridized carbons (Fsp3) is 0.600. The second-order valence-electron chi connectivity index (χ2n) is 5.21. The molecule has 0 fully saturated rings. The molecule has 0 radical (unpaired) electrons. The van der Waals surface area contributed by atoms with E-state index in [0.717, 1.165) is 5.02 Å². The Morgan fingerprint density at radius 2 is 2.22 bits per heavy atom. The SMILES string of the molecule is CCC(C)C(C)NC1CCSc2ccc(Cl)cc21. The summed E-state index contributed by atoms with van der Waals surface area (Å²) in [4.78, 5) is 1.39. The molecule has 0 aliphatic carbocycles. The van der Waals surface area contributed by atoms with Crippen molar-refractivity contribution < 1.29 is 0 Å². The van der Waals surface area contributed by atoms with Gasteiger partial charge >= 0.3 is 0 Å². The van der Waals surface area contributed by atoms with Crippen LogP contribution in [0.4, 0.5) is 0 Å². The van der Waals surface area contributed by atoms with Crippen molar-refractivity contribution >= 4 is 23.4 Å². The molecule has 0 bridgehead atoms. The van der Waals surface area contributed by atoms with Crippen LogP contribution in [0.5, 0.6) is 0 Å². The number of rotatable bonds is 4. The molecule has 1 aromatic carbocycles. The number of nitrogens with one attached hydrogen (secondary N) is 1. The van der Waals surface area contributed by atoms with Crippen molar-refractivity contribution in [3.05, 3.63) is 28.8 Å². The highest BCUT2D eigenvalue weighted by molar-refractivity contribution is 7.99. The van der Waals surface area contributed by atoms with Gasteiger partial charge in [0.15, 0.2) is 0 Å². The minimum atomic E-state index is 0.462. The molecule has 1 heterocycles. The van der Waals surface area contributed by atoms with E-state index in [9.17, 15) is 0 Å². The molecule has 100 valence electrons. The summed E-state index contributed by atoms with van der Waals surface area (Å²) in [6.45, 7) is 6.86. The van der Waals surface area contributed by atoms with Crippen LogP contribution in [0, 0.1) is 5.92 Å². The van der Waals surface area contributed by atoms with Crippen molar-refractivity contribution in [3.8, 4) is 0 Å². The Hall–Kier alpha value is -0.180. The van der Waals surface area contributed by atoms with E-state index in [1.807, 2.05) is 17.8 Å². The van der Waals surface area contributed by atoms with E-state index in [1.54, 1.807) is 0 Å². The van der Waals surface area contributed by atoms with Crippen LogP contribution in [-0.4, -0.2) is 11.8 Å². The van der Waals surface area contributed by atoms with Gasteiger partial charge in [-0.25, -0.2) is 0 Å². The van der Waals surface area contributed by atoms with E-state index >= 15 is 0 Å². The standard InChI is InChI=1S/C15H22ClNS/c1-4-10(2)11(3)17-14-7-8-18-15-6-5-12(16)9-13(14)15/h5-6,9-11,14,17H,4,7-8H2,1-3H3. The maximum atomic E-state index is 6.13. The maximum absolute atomic E-state index is 6.13. The first-order chi connectivity index (χ1) is 8.61. The molecule has 0 amide bonds. The van der Waals surface area contributed by atoms with E-state index in [0.29, 0.717) is 18.0 Å². The molecule has 2 rings (SSSR count). The van der Waals surface area contributed by atoms with Crippen molar-refractivity contribution in [2.24, 2.45) is 5.92 Å². The lowest BCUT2D eigenvalue weighted by Gasteiger charge is -2.31. The quantitative estimate of drug-likeness (QED) is 0.843. The second kappa shape index (κ2) is 6.31. The Morgan fingerprint density at radius 1 is 1.44 bits per heavy atom. The van der Waals surface area contributed by atoms with Gasteiger partial charge in [-0.15, -0.1) is 11.8 Å². The highest BCUT2D eigenvalue weighted by Crippen LogP contribution is 2.38. The number of thioether (sulfide) groups is 1. The molecule has 1 aliphatic rings. The van der Waals surface area contributed by atoms with E-state index in [-0.39, 0.29) is 0 Å². The minimum Gasteiger partial charge on any atom is -0.307 e. The number of halogens is 1. The molecular formula is C15H22ClNS. The number of hydrogen-bond donors (Lipinski definition) is 1. The third-order valence-electron chi connectivity index (χ3n) is 3.97. The first kappa shape index (κ1) is 14.2.